The van der Waals surface area contributed by atoms with Crippen molar-refractivity contribution in [3.63, 3.8) is 0 Å². The van der Waals surface area contributed by atoms with Crippen molar-refractivity contribution in [2.75, 3.05) is 0 Å². The number of hydrogen-bond acceptors (Lipinski definition) is 3. The number of aromatic nitrogens is 2. The van der Waals surface area contributed by atoms with Crippen LogP contribution in [0.15, 0.2) is 69.3 Å². The summed E-state index contributed by atoms with van der Waals surface area (Å²) in [6.07, 6.45) is 1.81. The first-order valence-corrected chi connectivity index (χ1v) is 9.21. The van der Waals surface area contributed by atoms with Crippen molar-refractivity contribution in [1.82, 2.24) is 9.55 Å². The summed E-state index contributed by atoms with van der Waals surface area (Å²) in [5.74, 6) is 1.31. The van der Waals surface area contributed by atoms with Gasteiger partial charge < -0.3 is 0 Å². The van der Waals surface area contributed by atoms with Crippen LogP contribution in [-0.4, -0.2) is 9.55 Å². The molecule has 0 amide bonds. The number of pyridine rings is 2. The van der Waals surface area contributed by atoms with E-state index in [2.05, 4.69) is 47.7 Å². The van der Waals surface area contributed by atoms with Gasteiger partial charge in [0.15, 0.2) is 11.2 Å². The molecule has 0 aliphatic carbocycles. The molecule has 0 radical (unpaired) electrons. The van der Waals surface area contributed by atoms with Crippen LogP contribution in [0.25, 0.3) is 27.6 Å². The van der Waals surface area contributed by atoms with Gasteiger partial charge in [-0.1, -0.05) is 37.7 Å². The Kier molecular flexibility index (Phi) is 3.06. The van der Waals surface area contributed by atoms with Gasteiger partial charge in [-0.25, -0.2) is 4.98 Å². The average Bonchev–Trinajstić information content (AvgIpc) is 2.64. The van der Waals surface area contributed by atoms with Gasteiger partial charge in [0.25, 0.3) is 0 Å². The maximum absolute atomic E-state index is 13.1. The van der Waals surface area contributed by atoms with E-state index in [0.717, 1.165) is 37.4 Å². The first-order valence-electron chi connectivity index (χ1n) is 8.40. The van der Waals surface area contributed by atoms with Crippen molar-refractivity contribution in [3.8, 4) is 5.82 Å². The molecular weight excluding hydrogens is 328 g/mol. The third-order valence-corrected chi connectivity index (χ3v) is 5.91. The van der Waals surface area contributed by atoms with Crippen LogP contribution in [-0.2, 0) is 0 Å². The summed E-state index contributed by atoms with van der Waals surface area (Å²) in [4.78, 5) is 19.9. The molecule has 2 aromatic carbocycles. The van der Waals surface area contributed by atoms with Crippen molar-refractivity contribution in [2.24, 2.45) is 0 Å². The quantitative estimate of drug-likeness (QED) is 0.396. The van der Waals surface area contributed by atoms with E-state index in [4.69, 9.17) is 0 Å². The lowest BCUT2D eigenvalue weighted by Gasteiger charge is -2.23. The largest absolute Gasteiger partial charge is 0.291 e. The van der Waals surface area contributed by atoms with E-state index in [-0.39, 0.29) is 5.43 Å². The number of fused-ring (bicyclic) bond motifs is 4. The topological polar surface area (TPSA) is 34.9 Å². The molecule has 0 bridgehead atoms. The molecule has 1 aliphatic rings. The summed E-state index contributed by atoms with van der Waals surface area (Å²) in [6.45, 7) is 4.34. The third-order valence-electron chi connectivity index (χ3n) is 4.82. The van der Waals surface area contributed by atoms with Gasteiger partial charge in [0.2, 0.25) is 0 Å². The predicted octanol–water partition coefficient (Wildman–Crippen LogP) is 5.13. The Balaban J connectivity index is 2.08. The summed E-state index contributed by atoms with van der Waals surface area (Å²) < 4.78 is 2.17. The van der Waals surface area contributed by atoms with E-state index in [9.17, 15) is 4.79 Å². The molecule has 4 heteroatoms. The second-order valence-electron chi connectivity index (χ2n) is 6.68. The summed E-state index contributed by atoms with van der Waals surface area (Å²) in [5, 5.41) is 1.50. The van der Waals surface area contributed by atoms with Gasteiger partial charge in [-0.3, -0.25) is 9.36 Å². The summed E-state index contributed by atoms with van der Waals surface area (Å²) in [5.41, 5.74) is 3.23. The van der Waals surface area contributed by atoms with Gasteiger partial charge in [0, 0.05) is 21.9 Å². The Labute approximate surface area is 149 Å². The van der Waals surface area contributed by atoms with Crippen LogP contribution in [0.1, 0.15) is 25.3 Å². The van der Waals surface area contributed by atoms with Crippen molar-refractivity contribution in [2.45, 2.75) is 29.6 Å². The first kappa shape index (κ1) is 14.7. The maximum Gasteiger partial charge on any atom is 0.197 e. The number of para-hydroxylation sites is 1. The van der Waals surface area contributed by atoms with Gasteiger partial charge in [0.05, 0.1) is 15.9 Å². The summed E-state index contributed by atoms with van der Waals surface area (Å²) in [7, 11) is 0. The molecule has 0 N–H and O–H groups in total. The van der Waals surface area contributed by atoms with Crippen molar-refractivity contribution < 1.29 is 0 Å². The SMILES string of the molecule is CC(C)c1ccc2c(=O)c3cccc4c3n(c2c1)-c1ncccc1S4. The molecule has 0 fully saturated rings. The molecule has 122 valence electrons. The zero-order chi connectivity index (χ0) is 17.1. The molecule has 0 saturated heterocycles. The Bertz CT molecular complexity index is 1220. The number of rotatable bonds is 1. The number of nitrogens with zero attached hydrogens (tertiary/aromatic N) is 2. The zero-order valence-electron chi connectivity index (χ0n) is 14.0. The fourth-order valence-corrected chi connectivity index (χ4v) is 4.60. The molecule has 5 rings (SSSR count). The second-order valence-corrected chi connectivity index (χ2v) is 7.76. The first-order chi connectivity index (χ1) is 12.1. The van der Waals surface area contributed by atoms with Gasteiger partial charge in [0.1, 0.15) is 0 Å². The molecule has 0 unspecified atom stereocenters. The van der Waals surface area contributed by atoms with E-state index >= 15 is 0 Å². The standard InChI is InChI=1S/C21H16N2OS/c1-12(2)13-8-9-14-16(11-13)23-19-15(20(14)24)5-3-6-17(19)25-18-7-4-10-22-21(18)23/h3-12H,1-2H3. The average molecular weight is 344 g/mol. The minimum atomic E-state index is 0.0957. The van der Waals surface area contributed by atoms with Crippen LogP contribution >= 0.6 is 11.8 Å². The molecule has 3 heterocycles. The van der Waals surface area contributed by atoms with E-state index in [0.29, 0.717) is 5.92 Å². The fraction of sp³-hybridized carbons (Fsp3) is 0.143. The smallest absolute Gasteiger partial charge is 0.197 e. The number of benzene rings is 2. The van der Waals surface area contributed by atoms with Crippen molar-refractivity contribution in [3.05, 3.63) is 70.5 Å². The minimum absolute atomic E-state index is 0.0957. The Morgan fingerprint density at radius 1 is 1.00 bits per heavy atom. The van der Waals surface area contributed by atoms with Crippen LogP contribution in [0, 0.1) is 0 Å². The van der Waals surface area contributed by atoms with Crippen LogP contribution in [0.3, 0.4) is 0 Å². The molecule has 2 aromatic heterocycles. The number of hydrogen-bond donors (Lipinski definition) is 0. The fourth-order valence-electron chi connectivity index (χ4n) is 3.54. The highest BCUT2D eigenvalue weighted by Crippen LogP contribution is 2.42. The summed E-state index contributed by atoms with van der Waals surface area (Å²) >= 11 is 1.68. The zero-order valence-corrected chi connectivity index (χ0v) is 14.8. The van der Waals surface area contributed by atoms with Crippen LogP contribution in [0.2, 0.25) is 0 Å². The van der Waals surface area contributed by atoms with Crippen molar-refractivity contribution in [1.29, 1.82) is 0 Å². The molecular formula is C21H16N2OS. The lowest BCUT2D eigenvalue weighted by molar-refractivity contribution is 0.866. The monoisotopic (exact) mass is 344 g/mol. The lowest BCUT2D eigenvalue weighted by atomic mass is 10.00. The Hall–Kier alpha value is -2.59. The molecule has 3 nitrogen and oxygen atoms in total. The summed E-state index contributed by atoms with van der Waals surface area (Å²) in [6, 6.07) is 16.2. The highest BCUT2D eigenvalue weighted by atomic mass is 32.2. The minimum Gasteiger partial charge on any atom is -0.291 e. The van der Waals surface area contributed by atoms with Crippen molar-refractivity contribution >= 4 is 33.6 Å². The molecule has 25 heavy (non-hydrogen) atoms. The van der Waals surface area contributed by atoms with Crippen LogP contribution in [0.4, 0.5) is 0 Å². The molecule has 1 aliphatic heterocycles. The maximum atomic E-state index is 13.1. The highest BCUT2D eigenvalue weighted by Gasteiger charge is 2.23. The van der Waals surface area contributed by atoms with Gasteiger partial charge in [-0.15, -0.1) is 0 Å². The Morgan fingerprint density at radius 2 is 1.84 bits per heavy atom. The molecule has 0 atom stereocenters. The molecule has 4 aromatic rings. The van der Waals surface area contributed by atoms with E-state index in [1.165, 1.54) is 5.56 Å². The predicted molar refractivity (Wildman–Crippen MR) is 103 cm³/mol. The highest BCUT2D eigenvalue weighted by molar-refractivity contribution is 7.99. The van der Waals surface area contributed by atoms with Crippen LogP contribution < -0.4 is 5.43 Å². The van der Waals surface area contributed by atoms with Crippen LogP contribution in [0.5, 0.6) is 0 Å². The lowest BCUT2D eigenvalue weighted by Crippen LogP contribution is -2.15. The van der Waals surface area contributed by atoms with Gasteiger partial charge >= 0.3 is 0 Å². The van der Waals surface area contributed by atoms with Gasteiger partial charge in [-0.2, -0.15) is 0 Å². The van der Waals surface area contributed by atoms with Gasteiger partial charge in [-0.05, 0) is 47.9 Å². The Morgan fingerprint density at radius 3 is 2.68 bits per heavy atom. The molecule has 0 spiro atoms. The normalized spacial score (nSPS) is 12.8. The second kappa shape index (κ2) is 5.20. The van der Waals surface area contributed by atoms with E-state index in [1.54, 1.807) is 11.8 Å². The third kappa shape index (κ3) is 2.01. The van der Waals surface area contributed by atoms with E-state index in [1.807, 2.05) is 30.5 Å². The molecule has 0 saturated carbocycles. The van der Waals surface area contributed by atoms with E-state index < -0.39 is 0 Å².